The molecule has 0 aliphatic rings. The summed E-state index contributed by atoms with van der Waals surface area (Å²) in [5.74, 6) is 1.17. The van der Waals surface area contributed by atoms with Crippen molar-refractivity contribution in [2.24, 2.45) is 5.10 Å². The first-order valence-electron chi connectivity index (χ1n) is 12.0. The van der Waals surface area contributed by atoms with Crippen molar-refractivity contribution in [3.05, 3.63) is 123 Å². The predicted octanol–water partition coefficient (Wildman–Crippen LogP) is 7.31. The van der Waals surface area contributed by atoms with Gasteiger partial charge >= 0.3 is 0 Å². The molecular weight excluding hydrogens is 523 g/mol. The minimum absolute atomic E-state index is 0.234. The minimum Gasteiger partial charge on any atom is -0.490 e. The van der Waals surface area contributed by atoms with Crippen molar-refractivity contribution >= 4 is 35.3 Å². The summed E-state index contributed by atoms with van der Waals surface area (Å²) < 4.78 is 17.6. The number of carbonyl (C=O) groups excluding carboxylic acids is 1. The molecule has 0 saturated carbocycles. The molecule has 0 bridgehead atoms. The number of hydrogen-bond donors (Lipinski definition) is 1. The molecule has 4 aromatic carbocycles. The Labute approximate surface area is 231 Å². The largest absolute Gasteiger partial charge is 0.490 e. The van der Waals surface area contributed by atoms with Crippen LogP contribution in [0.5, 0.6) is 17.2 Å². The van der Waals surface area contributed by atoms with Gasteiger partial charge in [0.2, 0.25) is 0 Å². The van der Waals surface area contributed by atoms with Crippen molar-refractivity contribution in [3.63, 3.8) is 0 Å². The molecule has 0 fully saturated rings. The summed E-state index contributed by atoms with van der Waals surface area (Å²) in [4.78, 5) is 12.8. The van der Waals surface area contributed by atoms with Crippen LogP contribution in [0.2, 0.25) is 10.0 Å². The Bertz CT molecular complexity index is 1430. The SMILES string of the molecule is CCOc1cc(/C=N/NC(=O)c2ccccc2OCc2ccccc2Cl)ccc1OCc1ccccc1Cl. The molecule has 0 radical (unpaired) electrons. The van der Waals surface area contributed by atoms with Crippen LogP contribution >= 0.6 is 23.2 Å². The summed E-state index contributed by atoms with van der Waals surface area (Å²) >= 11 is 12.4. The average Bonchev–Trinajstić information content (AvgIpc) is 2.93. The van der Waals surface area contributed by atoms with Gasteiger partial charge in [-0.2, -0.15) is 5.10 Å². The van der Waals surface area contributed by atoms with Crippen molar-refractivity contribution in [1.82, 2.24) is 5.43 Å². The van der Waals surface area contributed by atoms with Crippen molar-refractivity contribution in [3.8, 4) is 17.2 Å². The number of ether oxygens (including phenoxy) is 3. The Kier molecular flexibility index (Phi) is 9.62. The maximum absolute atomic E-state index is 12.8. The van der Waals surface area contributed by atoms with E-state index in [4.69, 9.17) is 37.4 Å². The lowest BCUT2D eigenvalue weighted by molar-refractivity contribution is 0.0950. The first-order chi connectivity index (χ1) is 18.5. The molecule has 0 saturated heterocycles. The summed E-state index contributed by atoms with van der Waals surface area (Å²) in [6, 6.07) is 27.3. The molecule has 0 aromatic heterocycles. The summed E-state index contributed by atoms with van der Waals surface area (Å²) in [7, 11) is 0. The second-order valence-electron chi connectivity index (χ2n) is 8.09. The number of hydrazone groups is 1. The number of carbonyl (C=O) groups is 1. The number of rotatable bonds is 11. The molecule has 1 amide bonds. The topological polar surface area (TPSA) is 69.2 Å². The van der Waals surface area contributed by atoms with Gasteiger partial charge in [-0.05, 0) is 55.0 Å². The molecule has 1 N–H and O–H groups in total. The van der Waals surface area contributed by atoms with Gasteiger partial charge < -0.3 is 14.2 Å². The monoisotopic (exact) mass is 548 g/mol. The van der Waals surface area contributed by atoms with Crippen molar-refractivity contribution in [2.45, 2.75) is 20.1 Å². The number of halogens is 2. The molecule has 6 nitrogen and oxygen atoms in total. The molecule has 0 spiro atoms. The highest BCUT2D eigenvalue weighted by Gasteiger charge is 2.13. The zero-order valence-corrected chi connectivity index (χ0v) is 22.2. The molecule has 8 heteroatoms. The summed E-state index contributed by atoms with van der Waals surface area (Å²) in [6.45, 7) is 2.90. The van der Waals surface area contributed by atoms with Crippen LogP contribution in [-0.2, 0) is 13.2 Å². The lowest BCUT2D eigenvalue weighted by Gasteiger charge is -2.13. The van der Waals surface area contributed by atoms with Gasteiger partial charge in [0.15, 0.2) is 11.5 Å². The third-order valence-corrected chi connectivity index (χ3v) is 6.20. The maximum Gasteiger partial charge on any atom is 0.275 e. The van der Waals surface area contributed by atoms with Gasteiger partial charge in [-0.25, -0.2) is 5.43 Å². The first-order valence-corrected chi connectivity index (χ1v) is 12.7. The highest BCUT2D eigenvalue weighted by molar-refractivity contribution is 6.31. The third-order valence-electron chi connectivity index (χ3n) is 5.46. The highest BCUT2D eigenvalue weighted by Crippen LogP contribution is 2.30. The van der Waals surface area contributed by atoms with E-state index >= 15 is 0 Å². The van der Waals surface area contributed by atoms with Crippen LogP contribution in [0.1, 0.15) is 34.0 Å². The molecule has 0 heterocycles. The summed E-state index contributed by atoms with van der Waals surface area (Å²) in [5, 5.41) is 5.35. The van der Waals surface area contributed by atoms with Crippen LogP contribution < -0.4 is 19.6 Å². The van der Waals surface area contributed by atoms with Crippen LogP contribution in [0.4, 0.5) is 0 Å². The number of para-hydroxylation sites is 1. The number of benzene rings is 4. The first kappa shape index (κ1) is 27.0. The van der Waals surface area contributed by atoms with E-state index in [1.54, 1.807) is 42.5 Å². The zero-order valence-electron chi connectivity index (χ0n) is 20.7. The van der Waals surface area contributed by atoms with Crippen LogP contribution in [-0.4, -0.2) is 18.7 Å². The van der Waals surface area contributed by atoms with E-state index < -0.39 is 5.91 Å². The quantitative estimate of drug-likeness (QED) is 0.157. The Morgan fingerprint density at radius 2 is 1.37 bits per heavy atom. The molecule has 4 rings (SSSR count). The highest BCUT2D eigenvalue weighted by atomic mass is 35.5. The lowest BCUT2D eigenvalue weighted by Crippen LogP contribution is -2.18. The van der Waals surface area contributed by atoms with Crippen molar-refractivity contribution < 1.29 is 19.0 Å². The Morgan fingerprint density at radius 1 is 0.763 bits per heavy atom. The summed E-state index contributed by atoms with van der Waals surface area (Å²) in [5.41, 5.74) is 5.34. The van der Waals surface area contributed by atoms with Gasteiger partial charge in [-0.3, -0.25) is 4.79 Å². The van der Waals surface area contributed by atoms with E-state index in [9.17, 15) is 4.79 Å². The number of nitrogens with one attached hydrogen (secondary N) is 1. The fourth-order valence-electron chi connectivity index (χ4n) is 3.54. The van der Waals surface area contributed by atoms with Crippen molar-refractivity contribution in [1.29, 1.82) is 0 Å². The van der Waals surface area contributed by atoms with Gasteiger partial charge in [-0.1, -0.05) is 71.7 Å². The molecule has 38 heavy (non-hydrogen) atoms. The Hall–Kier alpha value is -4.00. The standard InChI is InChI=1S/C30H26Cl2N2O4/c1-2-36-29-17-21(15-16-28(29)38-20-23-10-4-7-13-26(23)32)18-33-34-30(35)24-11-5-8-14-27(24)37-19-22-9-3-6-12-25(22)31/h3-18H,2,19-20H2,1H3,(H,34,35)/b33-18+. The number of hydrogen-bond acceptors (Lipinski definition) is 5. The van der Waals surface area contributed by atoms with E-state index in [0.29, 0.717) is 46.1 Å². The smallest absolute Gasteiger partial charge is 0.275 e. The predicted molar refractivity (Wildman–Crippen MR) is 151 cm³/mol. The molecule has 0 atom stereocenters. The van der Waals surface area contributed by atoms with Gasteiger partial charge in [0, 0.05) is 21.2 Å². The Balaban J connectivity index is 1.40. The van der Waals surface area contributed by atoms with Crippen LogP contribution in [0.3, 0.4) is 0 Å². The minimum atomic E-state index is -0.402. The van der Waals surface area contributed by atoms with E-state index in [0.717, 1.165) is 16.7 Å². The number of nitrogens with zero attached hydrogens (tertiary/aromatic N) is 1. The van der Waals surface area contributed by atoms with Crippen molar-refractivity contribution in [2.75, 3.05) is 6.61 Å². The average molecular weight is 549 g/mol. The molecular formula is C30H26Cl2N2O4. The van der Waals surface area contributed by atoms with Crippen LogP contribution in [0.25, 0.3) is 0 Å². The fourth-order valence-corrected chi connectivity index (χ4v) is 3.92. The third kappa shape index (κ3) is 7.28. The number of amides is 1. The molecule has 0 unspecified atom stereocenters. The van der Waals surface area contributed by atoms with E-state index in [1.165, 1.54) is 6.21 Å². The van der Waals surface area contributed by atoms with Crippen LogP contribution in [0, 0.1) is 0 Å². The van der Waals surface area contributed by atoms with E-state index in [1.807, 2.05) is 55.5 Å². The molecule has 4 aromatic rings. The molecule has 194 valence electrons. The lowest BCUT2D eigenvalue weighted by atomic mass is 10.2. The second kappa shape index (κ2) is 13.5. The normalized spacial score (nSPS) is 10.8. The zero-order chi connectivity index (χ0) is 26.7. The van der Waals surface area contributed by atoms with E-state index in [-0.39, 0.29) is 6.61 Å². The van der Waals surface area contributed by atoms with Gasteiger partial charge in [0.05, 0.1) is 18.4 Å². The van der Waals surface area contributed by atoms with Gasteiger partial charge in [0.25, 0.3) is 5.91 Å². The van der Waals surface area contributed by atoms with Crippen LogP contribution in [0.15, 0.2) is 96.1 Å². The van der Waals surface area contributed by atoms with E-state index in [2.05, 4.69) is 10.5 Å². The second-order valence-corrected chi connectivity index (χ2v) is 8.91. The van der Waals surface area contributed by atoms with Gasteiger partial charge in [0.1, 0.15) is 19.0 Å². The maximum atomic E-state index is 12.8. The molecule has 0 aliphatic heterocycles. The van der Waals surface area contributed by atoms with Gasteiger partial charge in [-0.15, -0.1) is 0 Å². The fraction of sp³-hybridized carbons (Fsp3) is 0.133. The molecule has 0 aliphatic carbocycles. The Morgan fingerprint density at radius 3 is 2.03 bits per heavy atom. The summed E-state index contributed by atoms with van der Waals surface area (Å²) in [6.07, 6.45) is 1.53.